The molecule has 9 heteroatoms. The van der Waals surface area contributed by atoms with E-state index in [2.05, 4.69) is 5.32 Å². The first kappa shape index (κ1) is 21.2. The van der Waals surface area contributed by atoms with Crippen molar-refractivity contribution in [1.29, 1.82) is 0 Å². The molecule has 1 N–H and O–H groups in total. The first-order valence-electron chi connectivity index (χ1n) is 9.44. The lowest BCUT2D eigenvalue weighted by Gasteiger charge is -2.40. The fourth-order valence-electron chi connectivity index (χ4n) is 4.45. The van der Waals surface area contributed by atoms with Crippen molar-refractivity contribution in [3.8, 4) is 5.75 Å². The van der Waals surface area contributed by atoms with Gasteiger partial charge in [0.2, 0.25) is 0 Å². The van der Waals surface area contributed by atoms with Crippen LogP contribution in [0.4, 0.5) is 26.3 Å². The van der Waals surface area contributed by atoms with E-state index in [0.29, 0.717) is 32.2 Å². The summed E-state index contributed by atoms with van der Waals surface area (Å²) in [5.74, 6) is -0.373. The Kier molecular flexibility index (Phi) is 6.14. The number of nitrogens with zero attached hydrogens (tertiary/aromatic N) is 1. The van der Waals surface area contributed by atoms with Gasteiger partial charge in [0.1, 0.15) is 5.75 Å². The Morgan fingerprint density at radius 3 is 2.11 bits per heavy atom. The molecule has 0 aromatic heterocycles. The number of benzene rings is 1. The minimum absolute atomic E-state index is 0.0372. The molecule has 0 spiro atoms. The van der Waals surface area contributed by atoms with Gasteiger partial charge >= 0.3 is 12.4 Å². The van der Waals surface area contributed by atoms with Gasteiger partial charge in [0.05, 0.1) is 18.2 Å². The average molecular weight is 410 g/mol. The highest BCUT2D eigenvalue weighted by atomic mass is 19.4. The number of rotatable bonds is 4. The fraction of sp³-hybridized carbons (Fsp3) is 0.684. The van der Waals surface area contributed by atoms with Gasteiger partial charge < -0.3 is 10.1 Å². The van der Waals surface area contributed by atoms with E-state index in [-0.39, 0.29) is 23.3 Å². The van der Waals surface area contributed by atoms with E-state index in [1.54, 1.807) is 0 Å². The maximum Gasteiger partial charge on any atom is 0.416 e. The summed E-state index contributed by atoms with van der Waals surface area (Å²) in [6, 6.07) is 0.329. The van der Waals surface area contributed by atoms with Crippen LogP contribution >= 0.6 is 0 Å². The highest BCUT2D eigenvalue weighted by molar-refractivity contribution is 5.48. The first-order chi connectivity index (χ1) is 13.1. The van der Waals surface area contributed by atoms with Crippen LogP contribution in [-0.2, 0) is 12.4 Å². The Morgan fingerprint density at radius 1 is 1.00 bits per heavy atom. The van der Waals surface area contributed by atoms with Gasteiger partial charge in [0, 0.05) is 37.8 Å². The zero-order valence-corrected chi connectivity index (χ0v) is 15.6. The minimum atomic E-state index is -4.91. The van der Waals surface area contributed by atoms with Crippen LogP contribution in [0.5, 0.6) is 5.75 Å². The zero-order valence-electron chi connectivity index (χ0n) is 15.6. The minimum Gasteiger partial charge on any atom is -0.496 e. The molecule has 0 radical (unpaired) electrons. The van der Waals surface area contributed by atoms with Crippen LogP contribution in [0.15, 0.2) is 12.1 Å². The van der Waals surface area contributed by atoms with Gasteiger partial charge in [0.15, 0.2) is 0 Å². The number of nitrogens with one attached hydrogen (secondary N) is 1. The average Bonchev–Trinajstić information content (AvgIpc) is 3.15. The van der Waals surface area contributed by atoms with Crippen molar-refractivity contribution in [3.63, 3.8) is 0 Å². The molecule has 2 aliphatic rings. The molecule has 28 heavy (non-hydrogen) atoms. The molecule has 3 rings (SSSR count). The molecule has 2 fully saturated rings. The quantitative estimate of drug-likeness (QED) is 0.717. The van der Waals surface area contributed by atoms with Crippen molar-refractivity contribution in [2.24, 2.45) is 5.92 Å². The summed E-state index contributed by atoms with van der Waals surface area (Å²) in [7, 11) is 1.13. The second-order valence-corrected chi connectivity index (χ2v) is 7.41. The molecule has 0 amide bonds. The fourth-order valence-corrected chi connectivity index (χ4v) is 4.45. The van der Waals surface area contributed by atoms with Crippen molar-refractivity contribution in [3.05, 3.63) is 28.8 Å². The number of halogens is 6. The van der Waals surface area contributed by atoms with Crippen molar-refractivity contribution in [2.45, 2.75) is 44.1 Å². The standard InChI is InChI=1S/C19H24F6N2O/c1-28-15-11-13(18(20,21)22)10-14(19(23,24)25)16(15)17(12-4-2-3-5-12)27-8-6-26-7-9-27/h10-12,17,26H,2-9H2,1H3/t17-/m1/s1. The number of alkyl halides is 6. The predicted molar refractivity (Wildman–Crippen MR) is 92.1 cm³/mol. The first-order valence-corrected chi connectivity index (χ1v) is 9.44. The van der Waals surface area contributed by atoms with E-state index in [1.807, 2.05) is 4.90 Å². The molecule has 1 saturated heterocycles. The summed E-state index contributed by atoms with van der Waals surface area (Å²) in [5, 5.41) is 3.17. The van der Waals surface area contributed by atoms with Crippen LogP contribution in [0.2, 0.25) is 0 Å². The van der Waals surface area contributed by atoms with E-state index >= 15 is 0 Å². The van der Waals surface area contributed by atoms with Gasteiger partial charge in [-0.15, -0.1) is 0 Å². The van der Waals surface area contributed by atoms with Crippen molar-refractivity contribution in [2.75, 3.05) is 33.3 Å². The largest absolute Gasteiger partial charge is 0.496 e. The van der Waals surface area contributed by atoms with Gasteiger partial charge in [-0.3, -0.25) is 4.90 Å². The third kappa shape index (κ3) is 4.40. The predicted octanol–water partition coefficient (Wildman–Crippen LogP) is 4.87. The SMILES string of the molecule is COc1cc(C(F)(F)F)cc(C(F)(F)F)c1[C@@H](C1CCCC1)N1CCNCC1. The summed E-state index contributed by atoms with van der Waals surface area (Å²) < 4.78 is 86.4. The van der Waals surface area contributed by atoms with Crippen LogP contribution in [0.1, 0.15) is 48.4 Å². The van der Waals surface area contributed by atoms with Gasteiger partial charge in [0.25, 0.3) is 0 Å². The number of methoxy groups -OCH3 is 1. The molecular weight excluding hydrogens is 386 g/mol. The third-order valence-electron chi connectivity index (χ3n) is 5.68. The lowest BCUT2D eigenvalue weighted by Crippen LogP contribution is -2.47. The van der Waals surface area contributed by atoms with Crippen molar-refractivity contribution in [1.82, 2.24) is 10.2 Å². The molecule has 1 aliphatic carbocycles. The molecule has 0 bridgehead atoms. The molecule has 1 heterocycles. The number of piperazine rings is 1. The Labute approximate surface area is 160 Å². The van der Waals surface area contributed by atoms with Crippen LogP contribution < -0.4 is 10.1 Å². The Bertz CT molecular complexity index is 676. The van der Waals surface area contributed by atoms with Crippen molar-refractivity contribution >= 4 is 0 Å². The molecule has 1 atom stereocenters. The van der Waals surface area contributed by atoms with Gasteiger partial charge in [-0.25, -0.2) is 0 Å². The molecule has 0 unspecified atom stereocenters. The second-order valence-electron chi connectivity index (χ2n) is 7.41. The monoisotopic (exact) mass is 410 g/mol. The summed E-state index contributed by atoms with van der Waals surface area (Å²) in [6.45, 7) is 2.35. The molecule has 3 nitrogen and oxygen atoms in total. The summed E-state index contributed by atoms with van der Waals surface area (Å²) in [5.41, 5.74) is -2.74. The Hall–Kier alpha value is -1.48. The van der Waals surface area contributed by atoms with E-state index in [4.69, 9.17) is 4.74 Å². The Morgan fingerprint density at radius 2 is 1.61 bits per heavy atom. The third-order valence-corrected chi connectivity index (χ3v) is 5.68. The summed E-state index contributed by atoms with van der Waals surface area (Å²) >= 11 is 0. The van der Waals surface area contributed by atoms with Crippen LogP contribution in [0.25, 0.3) is 0 Å². The molecule has 1 aromatic rings. The maximum atomic E-state index is 13.9. The topological polar surface area (TPSA) is 24.5 Å². The van der Waals surface area contributed by atoms with Crippen molar-refractivity contribution < 1.29 is 31.1 Å². The molecule has 158 valence electrons. The second kappa shape index (κ2) is 8.10. The molecule has 1 saturated carbocycles. The van der Waals surface area contributed by atoms with Crippen LogP contribution in [0.3, 0.4) is 0 Å². The van der Waals surface area contributed by atoms with Gasteiger partial charge in [-0.1, -0.05) is 12.8 Å². The number of hydrogen-bond donors (Lipinski definition) is 1. The number of ether oxygens (including phenoxy) is 1. The highest BCUT2D eigenvalue weighted by Gasteiger charge is 2.44. The Balaban J connectivity index is 2.19. The maximum absolute atomic E-state index is 13.9. The smallest absolute Gasteiger partial charge is 0.416 e. The highest BCUT2D eigenvalue weighted by Crippen LogP contribution is 2.49. The summed E-state index contributed by atoms with van der Waals surface area (Å²) in [4.78, 5) is 1.97. The van der Waals surface area contributed by atoms with E-state index in [9.17, 15) is 26.3 Å². The normalized spacial score (nSPS) is 21.1. The van der Waals surface area contributed by atoms with E-state index < -0.39 is 29.5 Å². The lowest BCUT2D eigenvalue weighted by atomic mass is 9.85. The lowest BCUT2D eigenvalue weighted by molar-refractivity contribution is -0.144. The van der Waals surface area contributed by atoms with Gasteiger partial charge in [-0.2, -0.15) is 26.3 Å². The van der Waals surface area contributed by atoms with Gasteiger partial charge in [-0.05, 0) is 30.9 Å². The number of hydrogen-bond acceptors (Lipinski definition) is 3. The summed E-state index contributed by atoms with van der Waals surface area (Å²) in [6.07, 6.45) is -6.44. The zero-order chi connectivity index (χ0) is 20.5. The molecule has 1 aromatic carbocycles. The van der Waals surface area contributed by atoms with Crippen LogP contribution in [0, 0.1) is 5.92 Å². The van der Waals surface area contributed by atoms with Crippen LogP contribution in [-0.4, -0.2) is 38.2 Å². The molecule has 1 aliphatic heterocycles. The molecular formula is C19H24F6N2O. The van der Waals surface area contributed by atoms with E-state index in [0.717, 1.165) is 32.8 Å². The van der Waals surface area contributed by atoms with E-state index in [1.165, 1.54) is 0 Å².